The third-order valence-corrected chi connectivity index (χ3v) is 3.98. The van der Waals surface area contributed by atoms with E-state index in [1.807, 2.05) is 25.1 Å². The Labute approximate surface area is 128 Å². The van der Waals surface area contributed by atoms with Crippen molar-refractivity contribution >= 4 is 29.0 Å². The van der Waals surface area contributed by atoms with E-state index in [9.17, 15) is 9.59 Å². The van der Waals surface area contributed by atoms with Gasteiger partial charge in [0.05, 0.1) is 16.3 Å². The summed E-state index contributed by atoms with van der Waals surface area (Å²) in [7, 11) is 0. The zero-order valence-corrected chi connectivity index (χ0v) is 12.4. The summed E-state index contributed by atoms with van der Waals surface area (Å²) in [6.45, 7) is 2.32. The number of carbonyl (C=O) groups is 2. The SMILES string of the molecule is Cc1ccc2c(c1)C(=O)CCN2C(=O)c1ccccc1Cl. The Kier molecular flexibility index (Phi) is 3.52. The quantitative estimate of drug-likeness (QED) is 0.801. The summed E-state index contributed by atoms with van der Waals surface area (Å²) in [5, 5.41) is 0.424. The van der Waals surface area contributed by atoms with E-state index in [0.717, 1.165) is 5.56 Å². The van der Waals surface area contributed by atoms with Crippen molar-refractivity contribution in [2.45, 2.75) is 13.3 Å². The minimum atomic E-state index is -0.168. The lowest BCUT2D eigenvalue weighted by atomic mass is 9.97. The van der Waals surface area contributed by atoms with E-state index in [-0.39, 0.29) is 11.7 Å². The van der Waals surface area contributed by atoms with E-state index in [1.54, 1.807) is 29.2 Å². The molecule has 21 heavy (non-hydrogen) atoms. The normalized spacial score (nSPS) is 14.0. The Bertz CT molecular complexity index is 739. The Balaban J connectivity index is 2.06. The molecular weight excluding hydrogens is 286 g/mol. The van der Waals surface area contributed by atoms with Gasteiger partial charge in [0, 0.05) is 18.5 Å². The third kappa shape index (κ3) is 2.45. The van der Waals surface area contributed by atoms with Gasteiger partial charge in [-0.1, -0.05) is 35.4 Å². The molecule has 4 heteroatoms. The van der Waals surface area contributed by atoms with E-state index in [1.165, 1.54) is 0 Å². The number of nitrogens with zero attached hydrogens (tertiary/aromatic N) is 1. The summed E-state index contributed by atoms with van der Waals surface area (Å²) in [5.74, 6) is -0.0879. The van der Waals surface area contributed by atoms with Crippen molar-refractivity contribution in [3.8, 4) is 0 Å². The van der Waals surface area contributed by atoms with Gasteiger partial charge in [-0.3, -0.25) is 9.59 Å². The van der Waals surface area contributed by atoms with Gasteiger partial charge in [-0.05, 0) is 31.2 Å². The Morgan fingerprint density at radius 2 is 1.95 bits per heavy atom. The highest BCUT2D eigenvalue weighted by Gasteiger charge is 2.28. The van der Waals surface area contributed by atoms with Crippen LogP contribution in [0.3, 0.4) is 0 Å². The van der Waals surface area contributed by atoms with Crippen LogP contribution >= 0.6 is 11.6 Å². The predicted octanol–water partition coefficient (Wildman–Crippen LogP) is 3.88. The molecule has 0 aromatic heterocycles. The maximum atomic E-state index is 12.7. The molecule has 2 aromatic carbocycles. The summed E-state index contributed by atoms with van der Waals surface area (Å²) in [4.78, 5) is 26.4. The van der Waals surface area contributed by atoms with E-state index in [4.69, 9.17) is 11.6 Å². The lowest BCUT2D eigenvalue weighted by Crippen LogP contribution is -2.37. The number of Topliss-reactive ketones (excluding diaryl/α,β-unsaturated/α-hetero) is 1. The number of carbonyl (C=O) groups excluding carboxylic acids is 2. The first-order valence-corrected chi connectivity index (χ1v) is 7.16. The first kappa shape index (κ1) is 13.8. The molecule has 0 atom stereocenters. The maximum absolute atomic E-state index is 12.7. The standard InChI is InChI=1S/C17H14ClNO2/c1-11-6-7-15-13(10-11)16(20)8-9-19(15)17(21)12-4-2-3-5-14(12)18/h2-7,10H,8-9H2,1H3. The molecule has 1 aliphatic rings. The van der Waals surface area contributed by atoms with Gasteiger partial charge < -0.3 is 4.90 Å². The van der Waals surface area contributed by atoms with Crippen LogP contribution in [-0.4, -0.2) is 18.2 Å². The van der Waals surface area contributed by atoms with Crippen LogP contribution in [0.1, 0.15) is 32.7 Å². The average molecular weight is 300 g/mol. The second-order valence-corrected chi connectivity index (χ2v) is 5.54. The number of fused-ring (bicyclic) bond motifs is 1. The molecule has 1 heterocycles. The molecule has 0 aliphatic carbocycles. The predicted molar refractivity (Wildman–Crippen MR) is 83.3 cm³/mol. The summed E-state index contributed by atoms with van der Waals surface area (Å²) in [6, 6.07) is 12.5. The minimum absolute atomic E-state index is 0.0805. The zero-order valence-electron chi connectivity index (χ0n) is 11.6. The molecule has 0 saturated carbocycles. The molecule has 0 bridgehead atoms. The number of benzene rings is 2. The largest absolute Gasteiger partial charge is 0.307 e. The second kappa shape index (κ2) is 5.34. The smallest absolute Gasteiger partial charge is 0.259 e. The Morgan fingerprint density at radius 3 is 2.71 bits per heavy atom. The van der Waals surface area contributed by atoms with Crippen LogP contribution in [0, 0.1) is 6.92 Å². The Hall–Kier alpha value is -2.13. The van der Waals surface area contributed by atoms with Gasteiger partial charge in [0.2, 0.25) is 0 Å². The van der Waals surface area contributed by atoms with E-state index in [0.29, 0.717) is 34.8 Å². The molecule has 3 nitrogen and oxygen atoms in total. The fourth-order valence-corrected chi connectivity index (χ4v) is 2.78. The number of aryl methyl sites for hydroxylation is 1. The van der Waals surface area contributed by atoms with Crippen molar-refractivity contribution < 1.29 is 9.59 Å². The van der Waals surface area contributed by atoms with Gasteiger partial charge in [0.25, 0.3) is 5.91 Å². The summed E-state index contributed by atoms with van der Waals surface area (Å²) < 4.78 is 0. The fourth-order valence-electron chi connectivity index (χ4n) is 2.57. The van der Waals surface area contributed by atoms with Crippen LogP contribution < -0.4 is 4.90 Å². The molecule has 2 aromatic rings. The van der Waals surface area contributed by atoms with Crippen molar-refractivity contribution in [3.63, 3.8) is 0 Å². The van der Waals surface area contributed by atoms with Crippen LogP contribution in [0.4, 0.5) is 5.69 Å². The van der Waals surface area contributed by atoms with Crippen LogP contribution in [0.5, 0.6) is 0 Å². The zero-order chi connectivity index (χ0) is 15.0. The second-order valence-electron chi connectivity index (χ2n) is 5.13. The third-order valence-electron chi connectivity index (χ3n) is 3.66. The minimum Gasteiger partial charge on any atom is -0.307 e. The number of amides is 1. The lowest BCUT2D eigenvalue weighted by Gasteiger charge is -2.29. The highest BCUT2D eigenvalue weighted by atomic mass is 35.5. The monoisotopic (exact) mass is 299 g/mol. The van der Waals surface area contributed by atoms with Gasteiger partial charge in [-0.25, -0.2) is 0 Å². The average Bonchev–Trinajstić information content (AvgIpc) is 2.48. The molecule has 0 radical (unpaired) electrons. The van der Waals surface area contributed by atoms with Gasteiger partial charge >= 0.3 is 0 Å². The highest BCUT2D eigenvalue weighted by molar-refractivity contribution is 6.34. The molecule has 1 aliphatic heterocycles. The van der Waals surface area contributed by atoms with Gasteiger partial charge in [0.15, 0.2) is 5.78 Å². The first-order chi connectivity index (χ1) is 10.1. The molecule has 3 rings (SSSR count). The van der Waals surface area contributed by atoms with Crippen molar-refractivity contribution in [3.05, 3.63) is 64.2 Å². The van der Waals surface area contributed by atoms with Crippen LogP contribution in [0.15, 0.2) is 42.5 Å². The molecule has 106 valence electrons. The van der Waals surface area contributed by atoms with Crippen molar-refractivity contribution in [1.29, 1.82) is 0 Å². The van der Waals surface area contributed by atoms with E-state index < -0.39 is 0 Å². The van der Waals surface area contributed by atoms with Gasteiger partial charge in [0.1, 0.15) is 0 Å². The van der Waals surface area contributed by atoms with Crippen molar-refractivity contribution in [1.82, 2.24) is 0 Å². The summed E-state index contributed by atoms with van der Waals surface area (Å²) in [6.07, 6.45) is 0.340. The number of rotatable bonds is 1. The number of anilines is 1. The molecule has 0 saturated heterocycles. The molecular formula is C17H14ClNO2. The van der Waals surface area contributed by atoms with E-state index in [2.05, 4.69) is 0 Å². The summed E-state index contributed by atoms with van der Waals surface area (Å²) in [5.41, 5.74) is 2.75. The number of ketones is 1. The molecule has 0 unspecified atom stereocenters. The maximum Gasteiger partial charge on any atom is 0.259 e. The van der Waals surface area contributed by atoms with Crippen LogP contribution in [0.25, 0.3) is 0 Å². The van der Waals surface area contributed by atoms with Crippen LogP contribution in [-0.2, 0) is 0 Å². The van der Waals surface area contributed by atoms with Gasteiger partial charge in [-0.15, -0.1) is 0 Å². The molecule has 1 amide bonds. The topological polar surface area (TPSA) is 37.4 Å². The fraction of sp³-hybridized carbons (Fsp3) is 0.176. The molecule has 0 spiro atoms. The summed E-state index contributed by atoms with van der Waals surface area (Å²) >= 11 is 6.10. The Morgan fingerprint density at radius 1 is 1.19 bits per heavy atom. The first-order valence-electron chi connectivity index (χ1n) is 6.78. The molecule has 0 fully saturated rings. The lowest BCUT2D eigenvalue weighted by molar-refractivity contribution is 0.0955. The highest BCUT2D eigenvalue weighted by Crippen LogP contribution is 2.30. The van der Waals surface area contributed by atoms with E-state index >= 15 is 0 Å². The van der Waals surface area contributed by atoms with Crippen LogP contribution in [0.2, 0.25) is 5.02 Å². The van der Waals surface area contributed by atoms with Gasteiger partial charge in [-0.2, -0.15) is 0 Å². The van der Waals surface area contributed by atoms with Crippen molar-refractivity contribution in [2.24, 2.45) is 0 Å². The number of halogens is 1. The number of hydrogen-bond donors (Lipinski definition) is 0. The molecule has 0 N–H and O–H groups in total. The number of hydrogen-bond acceptors (Lipinski definition) is 2. The van der Waals surface area contributed by atoms with Crippen molar-refractivity contribution in [2.75, 3.05) is 11.4 Å².